The molecule has 0 aromatic heterocycles. The predicted octanol–water partition coefficient (Wildman–Crippen LogP) is 1.84. The molecule has 0 radical (unpaired) electrons. The summed E-state index contributed by atoms with van der Waals surface area (Å²) in [5.41, 5.74) is -0.190. The van der Waals surface area contributed by atoms with Crippen LogP contribution in [0.3, 0.4) is 0 Å². The Hall–Kier alpha value is -3.30. The maximum absolute atomic E-state index is 12.3. The highest BCUT2D eigenvalue weighted by Gasteiger charge is 2.39. The van der Waals surface area contributed by atoms with E-state index >= 15 is 0 Å². The van der Waals surface area contributed by atoms with E-state index in [2.05, 4.69) is 5.32 Å². The zero-order valence-electron chi connectivity index (χ0n) is 14.7. The Labute approximate surface area is 149 Å². The van der Waals surface area contributed by atoms with Gasteiger partial charge in [-0.05, 0) is 26.0 Å². The Kier molecular flexibility index (Phi) is 5.34. The third-order valence-corrected chi connectivity index (χ3v) is 4.08. The summed E-state index contributed by atoms with van der Waals surface area (Å²) in [5, 5.41) is 24.1. The molecule has 10 heteroatoms. The molecule has 2 N–H and O–H groups in total. The first-order valence-corrected chi connectivity index (χ1v) is 7.70. The molecule has 10 nitrogen and oxygen atoms in total. The number of carbonyl (C=O) groups is 2. The number of phenols is 1. The van der Waals surface area contributed by atoms with Crippen molar-refractivity contribution in [2.24, 2.45) is 0 Å². The second-order valence-electron chi connectivity index (χ2n) is 5.47. The second kappa shape index (κ2) is 7.30. The van der Waals surface area contributed by atoms with Crippen LogP contribution in [0, 0.1) is 10.1 Å². The van der Waals surface area contributed by atoms with Gasteiger partial charge in [0.2, 0.25) is 5.75 Å². The lowest BCUT2D eigenvalue weighted by molar-refractivity contribution is -0.386. The molecule has 2 rings (SSSR count). The Bertz CT molecular complexity index is 803. The van der Waals surface area contributed by atoms with E-state index in [9.17, 15) is 24.8 Å². The number of amides is 2. The lowest BCUT2D eigenvalue weighted by Crippen LogP contribution is -2.46. The van der Waals surface area contributed by atoms with Crippen molar-refractivity contribution in [2.45, 2.75) is 19.9 Å². The van der Waals surface area contributed by atoms with Crippen LogP contribution < -0.4 is 10.1 Å². The fraction of sp³-hybridized carbons (Fsp3) is 0.375. The molecule has 0 fully saturated rings. The predicted molar refractivity (Wildman–Crippen MR) is 89.7 cm³/mol. The normalized spacial score (nSPS) is 17.0. The van der Waals surface area contributed by atoms with Crippen LogP contribution in [-0.2, 0) is 9.53 Å². The van der Waals surface area contributed by atoms with Crippen LogP contribution in [0.4, 0.5) is 10.5 Å². The summed E-state index contributed by atoms with van der Waals surface area (Å²) in [6.07, 6.45) is 0. The quantitative estimate of drug-likeness (QED) is 0.462. The van der Waals surface area contributed by atoms with Gasteiger partial charge in [-0.2, -0.15) is 0 Å². The van der Waals surface area contributed by atoms with Crippen molar-refractivity contribution >= 4 is 17.7 Å². The number of rotatable bonds is 5. The van der Waals surface area contributed by atoms with Crippen molar-refractivity contribution in [1.82, 2.24) is 10.2 Å². The Morgan fingerprint density at radius 2 is 2.12 bits per heavy atom. The highest BCUT2D eigenvalue weighted by atomic mass is 16.6. The summed E-state index contributed by atoms with van der Waals surface area (Å²) in [6, 6.07) is 0.802. The molecule has 140 valence electrons. The highest BCUT2D eigenvalue weighted by Crippen LogP contribution is 2.44. The number of hydrogen-bond acceptors (Lipinski definition) is 7. The van der Waals surface area contributed by atoms with Crippen LogP contribution in [0.25, 0.3) is 0 Å². The average Bonchev–Trinajstić information content (AvgIpc) is 2.60. The molecule has 0 saturated heterocycles. The number of nitrogens with zero attached hydrogens (tertiary/aromatic N) is 2. The molecule has 1 atom stereocenters. The minimum Gasteiger partial charge on any atom is -0.504 e. The van der Waals surface area contributed by atoms with Crippen LogP contribution in [0.15, 0.2) is 23.4 Å². The first-order chi connectivity index (χ1) is 12.2. The van der Waals surface area contributed by atoms with Gasteiger partial charge >= 0.3 is 17.7 Å². The fourth-order valence-electron chi connectivity index (χ4n) is 2.73. The number of phenolic OH excluding ortho intramolecular Hbond substituents is 1. The zero-order chi connectivity index (χ0) is 19.6. The number of nitro groups is 1. The SMILES string of the molecule is CCOc1c(O)ccc([C@H]2NC(=O)N(C)C(C)=C2C(=O)OC)c1[N+](=O)[O-]. The number of urea groups is 1. The number of ether oxygens (including phenoxy) is 2. The molecular formula is C16H19N3O7. The molecule has 1 aliphatic rings. The van der Waals surface area contributed by atoms with Crippen molar-refractivity contribution in [3.8, 4) is 11.5 Å². The van der Waals surface area contributed by atoms with E-state index < -0.39 is 34.4 Å². The molecule has 1 aromatic carbocycles. The Morgan fingerprint density at radius 1 is 1.46 bits per heavy atom. The first-order valence-electron chi connectivity index (χ1n) is 7.70. The van der Waals surface area contributed by atoms with Gasteiger partial charge in [-0.3, -0.25) is 10.1 Å². The number of allylic oxidation sites excluding steroid dienone is 1. The summed E-state index contributed by atoms with van der Waals surface area (Å²) >= 11 is 0. The third-order valence-electron chi connectivity index (χ3n) is 4.08. The molecule has 1 aromatic rings. The maximum Gasteiger partial charge on any atom is 0.337 e. The van der Waals surface area contributed by atoms with E-state index in [1.807, 2.05) is 0 Å². The average molecular weight is 365 g/mol. The van der Waals surface area contributed by atoms with Crippen LogP contribution in [0.5, 0.6) is 11.5 Å². The third kappa shape index (κ3) is 3.13. The van der Waals surface area contributed by atoms with Gasteiger partial charge in [0.25, 0.3) is 0 Å². The van der Waals surface area contributed by atoms with Crippen molar-refractivity contribution in [3.63, 3.8) is 0 Å². The number of nitrogens with one attached hydrogen (secondary N) is 1. The Balaban J connectivity index is 2.76. The minimum absolute atomic E-state index is 0.00236. The lowest BCUT2D eigenvalue weighted by atomic mass is 9.93. The maximum atomic E-state index is 12.3. The van der Waals surface area contributed by atoms with Gasteiger partial charge in [0.15, 0.2) is 5.75 Å². The van der Waals surface area contributed by atoms with Gasteiger partial charge in [0, 0.05) is 12.7 Å². The zero-order valence-corrected chi connectivity index (χ0v) is 14.7. The van der Waals surface area contributed by atoms with E-state index in [0.29, 0.717) is 5.70 Å². The smallest absolute Gasteiger partial charge is 0.337 e. The summed E-state index contributed by atoms with van der Waals surface area (Å²) in [5.74, 6) is -1.48. The number of hydrogen-bond donors (Lipinski definition) is 2. The van der Waals surface area contributed by atoms with E-state index in [1.54, 1.807) is 6.92 Å². The van der Waals surface area contributed by atoms with Crippen LogP contribution in [0.1, 0.15) is 25.5 Å². The Morgan fingerprint density at radius 3 is 2.65 bits per heavy atom. The molecule has 0 bridgehead atoms. The summed E-state index contributed by atoms with van der Waals surface area (Å²) in [7, 11) is 2.63. The molecule has 0 spiro atoms. The van der Waals surface area contributed by atoms with Gasteiger partial charge < -0.3 is 24.8 Å². The van der Waals surface area contributed by atoms with Crippen LogP contribution in [0.2, 0.25) is 0 Å². The standard InChI is InChI=1S/C16H19N3O7/c1-5-26-14-10(20)7-6-9(13(14)19(23)24)12-11(15(21)25-4)8(2)18(3)16(22)17-12/h6-7,12,20H,5H2,1-4H3,(H,17,22)/t12-/m1/s1. The number of esters is 1. The summed E-state index contributed by atoms with van der Waals surface area (Å²) in [6.45, 7) is 3.22. The van der Waals surface area contributed by atoms with E-state index in [-0.39, 0.29) is 23.5 Å². The van der Waals surface area contributed by atoms with Crippen molar-refractivity contribution in [2.75, 3.05) is 20.8 Å². The van der Waals surface area contributed by atoms with Gasteiger partial charge in [-0.1, -0.05) is 0 Å². The van der Waals surface area contributed by atoms with Crippen molar-refractivity contribution in [3.05, 3.63) is 39.1 Å². The number of methoxy groups -OCH3 is 1. The molecule has 1 aliphatic heterocycles. The molecule has 0 saturated carbocycles. The molecule has 0 aliphatic carbocycles. The lowest BCUT2D eigenvalue weighted by Gasteiger charge is -2.33. The second-order valence-corrected chi connectivity index (χ2v) is 5.47. The molecule has 26 heavy (non-hydrogen) atoms. The van der Waals surface area contributed by atoms with Gasteiger partial charge in [-0.25, -0.2) is 9.59 Å². The van der Waals surface area contributed by atoms with Crippen LogP contribution >= 0.6 is 0 Å². The molecule has 2 amide bonds. The number of nitro benzene ring substituents is 1. The largest absolute Gasteiger partial charge is 0.504 e. The number of carbonyl (C=O) groups excluding carboxylic acids is 2. The molecule has 1 heterocycles. The van der Waals surface area contributed by atoms with Gasteiger partial charge in [0.1, 0.15) is 0 Å². The van der Waals surface area contributed by atoms with Crippen LogP contribution in [-0.4, -0.2) is 47.7 Å². The van der Waals surface area contributed by atoms with Gasteiger partial charge in [0.05, 0.1) is 35.8 Å². The first kappa shape index (κ1) is 19.0. The van der Waals surface area contributed by atoms with Crippen molar-refractivity contribution in [1.29, 1.82) is 0 Å². The monoisotopic (exact) mass is 365 g/mol. The highest BCUT2D eigenvalue weighted by molar-refractivity contribution is 5.95. The number of benzene rings is 1. The fourth-order valence-corrected chi connectivity index (χ4v) is 2.73. The van der Waals surface area contributed by atoms with E-state index in [0.717, 1.165) is 0 Å². The topological polar surface area (TPSA) is 131 Å². The molecular weight excluding hydrogens is 346 g/mol. The summed E-state index contributed by atoms with van der Waals surface area (Å²) < 4.78 is 9.98. The van der Waals surface area contributed by atoms with E-state index in [4.69, 9.17) is 9.47 Å². The minimum atomic E-state index is -1.13. The summed E-state index contributed by atoms with van der Waals surface area (Å²) in [4.78, 5) is 36.6. The van der Waals surface area contributed by atoms with Gasteiger partial charge in [-0.15, -0.1) is 0 Å². The molecule has 0 unspecified atom stereocenters. The van der Waals surface area contributed by atoms with E-state index in [1.165, 1.54) is 38.1 Å². The number of aromatic hydroxyl groups is 1. The van der Waals surface area contributed by atoms with Crippen molar-refractivity contribution < 1.29 is 29.1 Å².